The Morgan fingerprint density at radius 2 is 1.95 bits per heavy atom. The second-order valence-corrected chi connectivity index (χ2v) is 10.7. The maximum absolute atomic E-state index is 12.0. The van der Waals surface area contributed by atoms with Crippen LogP contribution in [0.1, 0.15) is 13.8 Å². The summed E-state index contributed by atoms with van der Waals surface area (Å²) < 4.78 is 27.7. The van der Waals surface area contributed by atoms with Gasteiger partial charge < -0.3 is 23.4 Å². The highest BCUT2D eigenvalue weighted by Crippen LogP contribution is 2.34. The van der Waals surface area contributed by atoms with E-state index in [9.17, 15) is 4.79 Å². The minimum Gasteiger partial charge on any atom is -0.537 e. The average molecular weight is 302 g/mol. The van der Waals surface area contributed by atoms with E-state index in [2.05, 4.69) is 0 Å². The summed E-state index contributed by atoms with van der Waals surface area (Å²) in [7, 11) is -0.432. The second kappa shape index (κ2) is 5.05. The van der Waals surface area contributed by atoms with Crippen LogP contribution in [0.25, 0.3) is 0 Å². The zero-order valence-electron chi connectivity index (χ0n) is 12.8. The Kier molecular flexibility index (Phi) is 3.87. The molecule has 0 amide bonds. The molecule has 2 aliphatic rings. The van der Waals surface area contributed by atoms with Crippen molar-refractivity contribution in [2.75, 3.05) is 13.7 Å². The van der Waals surface area contributed by atoms with E-state index in [1.807, 2.05) is 33.5 Å². The number of hydrogen-bond acceptors (Lipinski definition) is 6. The van der Waals surface area contributed by atoms with Crippen LogP contribution in [-0.2, 0) is 28.2 Å². The van der Waals surface area contributed by atoms with Gasteiger partial charge in [0.25, 0.3) is 0 Å². The van der Waals surface area contributed by atoms with E-state index in [0.29, 0.717) is 12.4 Å². The van der Waals surface area contributed by atoms with Crippen LogP contribution in [0.15, 0.2) is 11.5 Å². The Hall–Kier alpha value is -1.05. The number of esters is 1. The van der Waals surface area contributed by atoms with Gasteiger partial charge in [-0.15, -0.1) is 0 Å². The standard InChI is InChI=1S/C13H22O6Si/c1-13(2)16-7-8(18-13)9-10(15-3)11(12(14)17-9)19-20(4,5)6/h8-9H,7H2,1-6H3. The summed E-state index contributed by atoms with van der Waals surface area (Å²) in [4.78, 5) is 12.0. The van der Waals surface area contributed by atoms with Crippen molar-refractivity contribution in [1.82, 2.24) is 0 Å². The molecule has 0 aromatic rings. The second-order valence-electron chi connectivity index (χ2n) is 6.30. The number of hydrogen-bond donors (Lipinski definition) is 0. The van der Waals surface area contributed by atoms with Gasteiger partial charge in [0.1, 0.15) is 6.10 Å². The number of ether oxygens (including phenoxy) is 4. The lowest BCUT2D eigenvalue weighted by molar-refractivity contribution is -0.163. The van der Waals surface area contributed by atoms with Gasteiger partial charge in [0, 0.05) is 0 Å². The topological polar surface area (TPSA) is 63.2 Å². The molecule has 0 radical (unpaired) electrons. The van der Waals surface area contributed by atoms with Crippen molar-refractivity contribution in [3.8, 4) is 0 Å². The highest BCUT2D eigenvalue weighted by molar-refractivity contribution is 6.70. The molecule has 6 nitrogen and oxygen atoms in total. The van der Waals surface area contributed by atoms with Gasteiger partial charge in [0.05, 0.1) is 13.7 Å². The van der Waals surface area contributed by atoms with Gasteiger partial charge in [0.2, 0.25) is 14.1 Å². The average Bonchev–Trinajstić information content (AvgIpc) is 2.78. The van der Waals surface area contributed by atoms with E-state index in [0.717, 1.165) is 0 Å². The summed E-state index contributed by atoms with van der Waals surface area (Å²) in [6, 6.07) is 0. The van der Waals surface area contributed by atoms with E-state index in [1.165, 1.54) is 7.11 Å². The Morgan fingerprint density at radius 1 is 1.30 bits per heavy atom. The molecule has 1 saturated heterocycles. The van der Waals surface area contributed by atoms with E-state index in [4.69, 9.17) is 23.4 Å². The number of carbonyl (C=O) groups is 1. The number of cyclic esters (lactones) is 1. The molecular formula is C13H22O6Si. The fourth-order valence-corrected chi connectivity index (χ4v) is 2.96. The Bertz CT molecular complexity index is 437. The Morgan fingerprint density at radius 3 is 2.40 bits per heavy atom. The zero-order valence-corrected chi connectivity index (χ0v) is 13.8. The molecule has 1 fully saturated rings. The minimum absolute atomic E-state index is 0.171. The smallest absolute Gasteiger partial charge is 0.376 e. The monoisotopic (exact) mass is 302 g/mol. The van der Waals surface area contributed by atoms with Crippen LogP contribution in [0.4, 0.5) is 0 Å². The third kappa shape index (κ3) is 3.16. The maximum atomic E-state index is 12.0. The predicted molar refractivity (Wildman–Crippen MR) is 73.3 cm³/mol. The SMILES string of the molecule is COC1=C(O[Si](C)(C)C)C(=O)OC1C1COC(C)(C)O1. The first-order valence-electron chi connectivity index (χ1n) is 6.63. The van der Waals surface area contributed by atoms with Crippen molar-refractivity contribution in [3.63, 3.8) is 0 Å². The number of rotatable bonds is 4. The van der Waals surface area contributed by atoms with Crippen LogP contribution in [0.2, 0.25) is 19.6 Å². The minimum atomic E-state index is -1.93. The van der Waals surface area contributed by atoms with Gasteiger partial charge in [-0.05, 0) is 33.5 Å². The normalized spacial score (nSPS) is 29.6. The van der Waals surface area contributed by atoms with Crippen molar-refractivity contribution in [1.29, 1.82) is 0 Å². The zero-order chi connectivity index (χ0) is 15.1. The maximum Gasteiger partial charge on any atom is 0.376 e. The van der Waals surface area contributed by atoms with E-state index < -0.39 is 26.2 Å². The molecule has 2 rings (SSSR count). The summed E-state index contributed by atoms with van der Waals surface area (Å²) in [6.45, 7) is 9.96. The molecule has 0 spiro atoms. The molecular weight excluding hydrogens is 280 g/mol. The Balaban J connectivity index is 2.22. The molecule has 0 aromatic carbocycles. The molecule has 2 atom stereocenters. The molecule has 7 heteroatoms. The molecule has 0 bridgehead atoms. The van der Waals surface area contributed by atoms with Crippen molar-refractivity contribution in [2.45, 2.75) is 51.5 Å². The van der Waals surface area contributed by atoms with Gasteiger partial charge >= 0.3 is 5.97 Å². The van der Waals surface area contributed by atoms with Crippen LogP contribution in [-0.4, -0.2) is 46.0 Å². The van der Waals surface area contributed by atoms with Crippen LogP contribution in [0, 0.1) is 0 Å². The van der Waals surface area contributed by atoms with Gasteiger partial charge in [-0.1, -0.05) is 0 Å². The third-order valence-electron chi connectivity index (χ3n) is 2.90. The van der Waals surface area contributed by atoms with Gasteiger partial charge in [-0.25, -0.2) is 4.79 Å². The van der Waals surface area contributed by atoms with Gasteiger partial charge in [0.15, 0.2) is 17.7 Å². The molecule has 0 N–H and O–H groups in total. The summed E-state index contributed by atoms with van der Waals surface area (Å²) in [5.41, 5.74) is 0. The lowest BCUT2D eigenvalue weighted by Crippen LogP contribution is -2.33. The molecule has 2 heterocycles. The predicted octanol–water partition coefficient (Wildman–Crippen LogP) is 1.77. The fraction of sp³-hybridized carbons (Fsp3) is 0.769. The van der Waals surface area contributed by atoms with Crippen molar-refractivity contribution in [3.05, 3.63) is 11.5 Å². The molecule has 114 valence electrons. The lowest BCUT2D eigenvalue weighted by atomic mass is 10.2. The number of carbonyl (C=O) groups excluding carboxylic acids is 1. The van der Waals surface area contributed by atoms with Gasteiger partial charge in [-0.2, -0.15) is 0 Å². The highest BCUT2D eigenvalue weighted by Gasteiger charge is 2.48. The molecule has 0 aromatic heterocycles. The molecule has 2 unspecified atom stereocenters. The van der Waals surface area contributed by atoms with Crippen molar-refractivity contribution in [2.24, 2.45) is 0 Å². The first-order valence-corrected chi connectivity index (χ1v) is 10.0. The first kappa shape index (κ1) is 15.3. The molecule has 0 aliphatic carbocycles. The fourth-order valence-electron chi connectivity index (χ4n) is 2.17. The molecule has 0 saturated carbocycles. The Labute approximate surface area is 120 Å². The third-order valence-corrected chi connectivity index (χ3v) is 3.71. The van der Waals surface area contributed by atoms with Crippen molar-refractivity contribution >= 4 is 14.3 Å². The van der Waals surface area contributed by atoms with E-state index >= 15 is 0 Å². The molecule has 20 heavy (non-hydrogen) atoms. The summed E-state index contributed by atoms with van der Waals surface area (Å²) in [6.07, 6.45) is -0.993. The van der Waals surface area contributed by atoms with E-state index in [1.54, 1.807) is 0 Å². The summed E-state index contributed by atoms with van der Waals surface area (Å²) in [5, 5.41) is 0. The largest absolute Gasteiger partial charge is 0.537 e. The van der Waals surface area contributed by atoms with Crippen LogP contribution >= 0.6 is 0 Å². The lowest BCUT2D eigenvalue weighted by Gasteiger charge is -2.21. The quantitative estimate of drug-likeness (QED) is 0.582. The highest BCUT2D eigenvalue weighted by atomic mass is 28.4. The van der Waals surface area contributed by atoms with Gasteiger partial charge in [-0.3, -0.25) is 0 Å². The molecule has 2 aliphatic heterocycles. The summed E-state index contributed by atoms with van der Waals surface area (Å²) in [5.74, 6) is -0.616. The van der Waals surface area contributed by atoms with E-state index in [-0.39, 0.29) is 11.9 Å². The first-order chi connectivity index (χ1) is 9.13. The van der Waals surface area contributed by atoms with Crippen molar-refractivity contribution < 1.29 is 28.2 Å². The van der Waals surface area contributed by atoms with Crippen LogP contribution < -0.4 is 0 Å². The van der Waals surface area contributed by atoms with Crippen LogP contribution in [0.3, 0.4) is 0 Å². The van der Waals surface area contributed by atoms with Crippen LogP contribution in [0.5, 0.6) is 0 Å². The number of methoxy groups -OCH3 is 1. The summed E-state index contributed by atoms with van der Waals surface area (Å²) >= 11 is 0.